The third kappa shape index (κ3) is 5.16. The minimum atomic E-state index is -0.625. The van der Waals surface area contributed by atoms with Crippen LogP contribution in [-0.2, 0) is 23.1 Å². The molecule has 2 aliphatic heterocycles. The lowest BCUT2D eigenvalue weighted by molar-refractivity contribution is -0.138. The van der Waals surface area contributed by atoms with Gasteiger partial charge in [0, 0.05) is 38.5 Å². The SMILES string of the molecule is Cn1c(=O)n(C2CCN(C(=O)[C@@H](Cc3ccc4ccccc4c3)NC(=O)C3CCNCC3)CC2)c2ccccc21. The van der Waals surface area contributed by atoms with Crippen molar-refractivity contribution in [1.29, 1.82) is 0 Å². The zero-order chi connectivity index (χ0) is 27.6. The number of piperidine rings is 2. The van der Waals surface area contributed by atoms with E-state index in [9.17, 15) is 14.4 Å². The second-order valence-corrected chi connectivity index (χ2v) is 11.2. The molecule has 2 saturated heterocycles. The molecule has 4 aromatic rings. The number of aromatic nitrogens is 2. The lowest BCUT2D eigenvalue weighted by Gasteiger charge is -2.35. The Morgan fingerprint density at radius 2 is 1.57 bits per heavy atom. The minimum absolute atomic E-state index is 0.0191. The van der Waals surface area contributed by atoms with Gasteiger partial charge in [0.25, 0.3) is 0 Å². The number of amides is 2. The van der Waals surface area contributed by atoms with Crippen LogP contribution in [0, 0.1) is 5.92 Å². The number of rotatable bonds is 6. The molecule has 40 heavy (non-hydrogen) atoms. The van der Waals surface area contributed by atoms with Crippen LogP contribution < -0.4 is 16.3 Å². The smallest absolute Gasteiger partial charge is 0.329 e. The maximum Gasteiger partial charge on any atom is 0.329 e. The molecule has 0 saturated carbocycles. The molecule has 2 fully saturated rings. The van der Waals surface area contributed by atoms with E-state index in [2.05, 4.69) is 41.0 Å². The van der Waals surface area contributed by atoms with Crippen molar-refractivity contribution in [2.45, 2.75) is 44.2 Å². The van der Waals surface area contributed by atoms with Crippen LogP contribution in [0.3, 0.4) is 0 Å². The molecule has 2 amide bonds. The molecule has 3 aromatic carbocycles. The molecule has 8 heteroatoms. The van der Waals surface area contributed by atoms with Gasteiger partial charge in [0.05, 0.1) is 11.0 Å². The van der Waals surface area contributed by atoms with E-state index in [1.807, 2.05) is 52.9 Å². The first-order chi connectivity index (χ1) is 19.5. The van der Waals surface area contributed by atoms with Gasteiger partial charge in [-0.05, 0) is 67.2 Å². The van der Waals surface area contributed by atoms with E-state index in [-0.39, 0.29) is 29.5 Å². The highest BCUT2D eigenvalue weighted by atomic mass is 16.2. The summed E-state index contributed by atoms with van der Waals surface area (Å²) >= 11 is 0. The molecule has 6 rings (SSSR count). The van der Waals surface area contributed by atoms with Crippen molar-refractivity contribution < 1.29 is 9.59 Å². The molecule has 1 aromatic heterocycles. The number of fused-ring (bicyclic) bond motifs is 2. The molecule has 0 bridgehead atoms. The third-order valence-electron chi connectivity index (χ3n) is 8.72. The first kappa shape index (κ1) is 26.3. The van der Waals surface area contributed by atoms with Crippen molar-refractivity contribution in [3.8, 4) is 0 Å². The van der Waals surface area contributed by atoms with Crippen LogP contribution in [0.4, 0.5) is 0 Å². The number of benzene rings is 3. The van der Waals surface area contributed by atoms with Gasteiger partial charge in [0.15, 0.2) is 0 Å². The Labute approximate surface area is 234 Å². The molecule has 208 valence electrons. The fourth-order valence-corrected chi connectivity index (χ4v) is 6.41. The zero-order valence-electron chi connectivity index (χ0n) is 23.0. The maximum atomic E-state index is 13.9. The number of imidazole rings is 1. The van der Waals surface area contributed by atoms with Crippen molar-refractivity contribution in [3.63, 3.8) is 0 Å². The number of aryl methyl sites for hydroxylation is 1. The van der Waals surface area contributed by atoms with Crippen LogP contribution in [0.1, 0.15) is 37.3 Å². The van der Waals surface area contributed by atoms with Crippen molar-refractivity contribution in [1.82, 2.24) is 24.7 Å². The van der Waals surface area contributed by atoms with Crippen molar-refractivity contribution in [3.05, 3.63) is 82.8 Å². The summed E-state index contributed by atoms with van der Waals surface area (Å²) in [7, 11) is 1.81. The van der Waals surface area contributed by atoms with Crippen molar-refractivity contribution in [2.24, 2.45) is 13.0 Å². The Balaban J connectivity index is 1.20. The monoisotopic (exact) mass is 539 g/mol. The summed E-state index contributed by atoms with van der Waals surface area (Å²) in [5, 5.41) is 8.72. The van der Waals surface area contributed by atoms with Crippen LogP contribution in [-0.4, -0.2) is 58.1 Å². The summed E-state index contributed by atoms with van der Waals surface area (Å²) in [5.41, 5.74) is 2.86. The molecule has 8 nitrogen and oxygen atoms in total. The lowest BCUT2D eigenvalue weighted by Crippen LogP contribution is -2.53. The molecule has 0 aliphatic carbocycles. The summed E-state index contributed by atoms with van der Waals surface area (Å²) in [6.45, 7) is 2.75. The van der Waals surface area contributed by atoms with E-state index in [1.165, 1.54) is 0 Å². The van der Waals surface area contributed by atoms with Gasteiger partial charge in [0.2, 0.25) is 11.8 Å². The number of nitrogens with zero attached hydrogens (tertiary/aromatic N) is 3. The van der Waals surface area contributed by atoms with Gasteiger partial charge < -0.3 is 15.5 Å². The highest BCUT2D eigenvalue weighted by molar-refractivity contribution is 5.89. The number of carbonyl (C=O) groups excluding carboxylic acids is 2. The van der Waals surface area contributed by atoms with E-state index >= 15 is 0 Å². The van der Waals surface area contributed by atoms with Gasteiger partial charge in [-0.15, -0.1) is 0 Å². The third-order valence-corrected chi connectivity index (χ3v) is 8.72. The van der Waals surface area contributed by atoms with Gasteiger partial charge in [-0.25, -0.2) is 4.79 Å². The number of para-hydroxylation sites is 2. The molecule has 0 spiro atoms. The van der Waals surface area contributed by atoms with Crippen LogP contribution in [0.25, 0.3) is 21.8 Å². The van der Waals surface area contributed by atoms with Crippen molar-refractivity contribution in [2.75, 3.05) is 26.2 Å². The van der Waals surface area contributed by atoms with Crippen LogP contribution >= 0.6 is 0 Å². The molecule has 0 radical (unpaired) electrons. The molecule has 3 heterocycles. The Kier molecular flexibility index (Phi) is 7.43. The molecular weight excluding hydrogens is 502 g/mol. The normalized spacial score (nSPS) is 17.8. The Hall–Kier alpha value is -3.91. The largest absolute Gasteiger partial charge is 0.344 e. The summed E-state index contributed by atoms with van der Waals surface area (Å²) < 4.78 is 3.59. The first-order valence-electron chi connectivity index (χ1n) is 14.4. The molecule has 0 unspecified atom stereocenters. The number of likely N-dealkylation sites (tertiary alicyclic amines) is 1. The van der Waals surface area contributed by atoms with Gasteiger partial charge >= 0.3 is 5.69 Å². The second-order valence-electron chi connectivity index (χ2n) is 11.2. The summed E-state index contributed by atoms with van der Waals surface area (Å²) in [5.74, 6) is -0.144. The summed E-state index contributed by atoms with van der Waals surface area (Å²) in [6.07, 6.45) is 3.42. The standard InChI is InChI=1S/C32H37N5O3/c1-35-28-8-4-5-9-29(28)37(32(35)40)26-14-18-36(19-15-26)31(39)27(34-30(38)24-12-16-33-17-13-24)21-22-10-11-23-6-2-3-7-25(23)20-22/h2-11,20,24,26-27,33H,12-19,21H2,1H3,(H,34,38)/t27-/m1/s1. The minimum Gasteiger partial charge on any atom is -0.344 e. The van der Waals surface area contributed by atoms with E-state index in [4.69, 9.17) is 0 Å². The van der Waals surface area contributed by atoms with Gasteiger partial charge in [-0.3, -0.25) is 18.7 Å². The van der Waals surface area contributed by atoms with Crippen molar-refractivity contribution >= 4 is 33.6 Å². The first-order valence-corrected chi connectivity index (χ1v) is 14.4. The Morgan fingerprint density at radius 1 is 0.900 bits per heavy atom. The number of carbonyl (C=O) groups is 2. The average Bonchev–Trinajstić information content (AvgIpc) is 3.26. The quantitative estimate of drug-likeness (QED) is 0.393. The lowest BCUT2D eigenvalue weighted by atomic mass is 9.95. The fourth-order valence-electron chi connectivity index (χ4n) is 6.41. The van der Waals surface area contributed by atoms with E-state index < -0.39 is 6.04 Å². The fraction of sp³-hybridized carbons (Fsp3) is 0.406. The maximum absolute atomic E-state index is 13.9. The van der Waals surface area contributed by atoms with Gasteiger partial charge in [-0.2, -0.15) is 0 Å². The topological polar surface area (TPSA) is 88.4 Å². The van der Waals surface area contributed by atoms with Crippen LogP contribution in [0.5, 0.6) is 0 Å². The number of nitrogens with one attached hydrogen (secondary N) is 2. The van der Waals surface area contributed by atoms with Crippen LogP contribution in [0.2, 0.25) is 0 Å². The highest BCUT2D eigenvalue weighted by Gasteiger charge is 2.33. The second kappa shape index (κ2) is 11.3. The van der Waals surface area contributed by atoms with Crippen LogP contribution in [0.15, 0.2) is 71.5 Å². The number of hydrogen-bond donors (Lipinski definition) is 2. The van der Waals surface area contributed by atoms with E-state index in [0.29, 0.717) is 32.4 Å². The Morgan fingerprint density at radius 3 is 2.33 bits per heavy atom. The molecule has 2 N–H and O–H groups in total. The predicted octanol–water partition coefficient (Wildman–Crippen LogP) is 3.38. The number of hydrogen-bond acceptors (Lipinski definition) is 4. The highest BCUT2D eigenvalue weighted by Crippen LogP contribution is 2.26. The molecule has 2 aliphatic rings. The Bertz CT molecular complexity index is 1590. The van der Waals surface area contributed by atoms with E-state index in [1.54, 1.807) is 4.57 Å². The summed E-state index contributed by atoms with van der Waals surface area (Å²) in [6, 6.07) is 21.7. The average molecular weight is 540 g/mol. The predicted molar refractivity (Wildman–Crippen MR) is 157 cm³/mol. The molecular formula is C32H37N5O3. The zero-order valence-corrected chi connectivity index (χ0v) is 23.0. The molecule has 1 atom stereocenters. The summed E-state index contributed by atoms with van der Waals surface area (Å²) in [4.78, 5) is 42.1. The van der Waals surface area contributed by atoms with Gasteiger partial charge in [0.1, 0.15) is 6.04 Å². The van der Waals surface area contributed by atoms with Gasteiger partial charge in [-0.1, -0.05) is 54.6 Å². The van der Waals surface area contributed by atoms with E-state index in [0.717, 1.165) is 53.3 Å².